The van der Waals surface area contributed by atoms with Crippen LogP contribution in [0.1, 0.15) is 50.7 Å². The third kappa shape index (κ3) is 2.54. The number of Topliss-reactive ketones (excluding diaryl/α,β-unsaturated/α-hetero) is 1. The molecule has 0 N–H and O–H groups in total. The van der Waals surface area contributed by atoms with E-state index in [-0.39, 0.29) is 23.5 Å². The summed E-state index contributed by atoms with van der Waals surface area (Å²) in [4.78, 5) is 15.9. The average molecular weight is 238 g/mol. The molecule has 1 aliphatic rings. The Bertz CT molecular complexity index is 394. The van der Waals surface area contributed by atoms with E-state index in [0.717, 1.165) is 13.0 Å². The lowest BCUT2D eigenvalue weighted by atomic mass is 9.92. The van der Waals surface area contributed by atoms with Gasteiger partial charge in [-0.05, 0) is 19.3 Å². The fraction of sp³-hybridized carbons (Fsp3) is 0.750. The van der Waals surface area contributed by atoms with E-state index in [4.69, 9.17) is 9.26 Å². The van der Waals surface area contributed by atoms with Gasteiger partial charge in [-0.25, -0.2) is 0 Å². The molecule has 1 aliphatic heterocycles. The largest absolute Gasteiger partial charge is 0.381 e. The molecule has 94 valence electrons. The topological polar surface area (TPSA) is 65.2 Å². The van der Waals surface area contributed by atoms with Gasteiger partial charge in [0.15, 0.2) is 5.82 Å². The molecule has 1 aromatic rings. The monoisotopic (exact) mass is 238 g/mol. The third-order valence-corrected chi connectivity index (χ3v) is 3.12. The van der Waals surface area contributed by atoms with Gasteiger partial charge < -0.3 is 9.26 Å². The van der Waals surface area contributed by atoms with Gasteiger partial charge in [-0.15, -0.1) is 0 Å². The van der Waals surface area contributed by atoms with Crippen molar-refractivity contribution >= 4 is 5.78 Å². The molecule has 0 saturated carbocycles. The molecule has 1 saturated heterocycles. The SMILES string of the molecule is CC(=O)C(c1nc(C2CCOC2)no1)C(C)C. The van der Waals surface area contributed by atoms with Gasteiger partial charge in [-0.1, -0.05) is 19.0 Å². The average Bonchev–Trinajstić information content (AvgIpc) is 2.83. The molecule has 5 heteroatoms. The first-order valence-electron chi connectivity index (χ1n) is 6.01. The van der Waals surface area contributed by atoms with Crippen molar-refractivity contribution in [1.29, 1.82) is 0 Å². The van der Waals surface area contributed by atoms with Gasteiger partial charge >= 0.3 is 0 Å². The molecule has 0 amide bonds. The van der Waals surface area contributed by atoms with Crippen molar-refractivity contribution in [1.82, 2.24) is 10.1 Å². The molecule has 0 aromatic carbocycles. The lowest BCUT2D eigenvalue weighted by Crippen LogP contribution is -2.15. The maximum atomic E-state index is 11.6. The predicted octanol–water partition coefficient (Wildman–Crippen LogP) is 1.90. The van der Waals surface area contributed by atoms with Gasteiger partial charge in [0.2, 0.25) is 5.89 Å². The van der Waals surface area contributed by atoms with Crippen LogP contribution in [-0.4, -0.2) is 29.1 Å². The molecular weight excluding hydrogens is 220 g/mol. The second kappa shape index (κ2) is 4.96. The van der Waals surface area contributed by atoms with E-state index in [2.05, 4.69) is 10.1 Å². The fourth-order valence-electron chi connectivity index (χ4n) is 2.21. The van der Waals surface area contributed by atoms with Crippen LogP contribution >= 0.6 is 0 Å². The lowest BCUT2D eigenvalue weighted by Gasteiger charge is -2.12. The first-order valence-corrected chi connectivity index (χ1v) is 6.01. The van der Waals surface area contributed by atoms with Crippen LogP contribution in [0.4, 0.5) is 0 Å². The molecule has 2 rings (SSSR count). The van der Waals surface area contributed by atoms with Gasteiger partial charge in [0.25, 0.3) is 0 Å². The molecule has 1 fully saturated rings. The Labute approximate surface area is 101 Å². The highest BCUT2D eigenvalue weighted by Crippen LogP contribution is 2.27. The standard InChI is InChI=1S/C12H18N2O3/c1-7(2)10(8(3)15)12-13-11(14-17-12)9-4-5-16-6-9/h7,9-10H,4-6H2,1-3H3. The zero-order chi connectivity index (χ0) is 12.4. The summed E-state index contributed by atoms with van der Waals surface area (Å²) in [6.45, 7) is 6.91. The third-order valence-electron chi connectivity index (χ3n) is 3.12. The normalized spacial score (nSPS) is 22.0. The minimum absolute atomic E-state index is 0.0675. The Hall–Kier alpha value is -1.23. The second-order valence-electron chi connectivity index (χ2n) is 4.88. The summed E-state index contributed by atoms with van der Waals surface area (Å²) in [5, 5.41) is 3.97. The van der Waals surface area contributed by atoms with Crippen molar-refractivity contribution < 1.29 is 14.1 Å². The van der Waals surface area contributed by atoms with Gasteiger partial charge in [0.1, 0.15) is 5.78 Å². The first-order chi connectivity index (χ1) is 8.09. The maximum absolute atomic E-state index is 11.6. The number of hydrogen-bond acceptors (Lipinski definition) is 5. The Kier molecular flexibility index (Phi) is 3.57. The number of ether oxygens (including phenoxy) is 1. The number of nitrogens with zero attached hydrogens (tertiary/aromatic N) is 2. The van der Waals surface area contributed by atoms with Crippen LogP contribution < -0.4 is 0 Å². The molecular formula is C12H18N2O3. The summed E-state index contributed by atoms with van der Waals surface area (Å²) < 4.78 is 10.5. The van der Waals surface area contributed by atoms with E-state index in [1.807, 2.05) is 13.8 Å². The number of aromatic nitrogens is 2. The summed E-state index contributed by atoms with van der Waals surface area (Å²) in [7, 11) is 0. The summed E-state index contributed by atoms with van der Waals surface area (Å²) >= 11 is 0. The molecule has 0 radical (unpaired) electrons. The van der Waals surface area contributed by atoms with E-state index in [9.17, 15) is 4.79 Å². The molecule has 2 atom stereocenters. The summed E-state index contributed by atoms with van der Waals surface area (Å²) in [5.74, 6) is 1.27. The number of carbonyl (C=O) groups is 1. The maximum Gasteiger partial charge on any atom is 0.237 e. The predicted molar refractivity (Wildman–Crippen MR) is 60.7 cm³/mol. The molecule has 2 heterocycles. The van der Waals surface area contributed by atoms with Crippen LogP contribution in [0.2, 0.25) is 0 Å². The van der Waals surface area contributed by atoms with Crippen LogP contribution in [0.25, 0.3) is 0 Å². The smallest absolute Gasteiger partial charge is 0.237 e. The van der Waals surface area contributed by atoms with Crippen molar-refractivity contribution in [3.05, 3.63) is 11.7 Å². The minimum Gasteiger partial charge on any atom is -0.381 e. The number of rotatable bonds is 4. The van der Waals surface area contributed by atoms with E-state index < -0.39 is 0 Å². The highest BCUT2D eigenvalue weighted by molar-refractivity contribution is 5.82. The minimum atomic E-state index is -0.293. The first kappa shape index (κ1) is 12.2. The fourth-order valence-corrected chi connectivity index (χ4v) is 2.21. The van der Waals surface area contributed by atoms with E-state index in [0.29, 0.717) is 18.3 Å². The lowest BCUT2D eigenvalue weighted by molar-refractivity contribution is -0.119. The van der Waals surface area contributed by atoms with Crippen LogP contribution in [0.15, 0.2) is 4.52 Å². The molecule has 17 heavy (non-hydrogen) atoms. The Morgan fingerprint density at radius 1 is 1.47 bits per heavy atom. The van der Waals surface area contributed by atoms with Gasteiger partial charge in [-0.2, -0.15) is 4.98 Å². The van der Waals surface area contributed by atoms with Gasteiger partial charge in [0.05, 0.1) is 12.5 Å². The highest BCUT2D eigenvalue weighted by Gasteiger charge is 2.29. The zero-order valence-corrected chi connectivity index (χ0v) is 10.5. The molecule has 0 spiro atoms. The summed E-state index contributed by atoms with van der Waals surface area (Å²) in [5.41, 5.74) is 0. The molecule has 1 aromatic heterocycles. The highest BCUT2D eigenvalue weighted by atomic mass is 16.5. The van der Waals surface area contributed by atoms with Crippen LogP contribution in [0.5, 0.6) is 0 Å². The van der Waals surface area contributed by atoms with E-state index in [1.54, 1.807) is 6.92 Å². The van der Waals surface area contributed by atoms with Crippen LogP contribution in [-0.2, 0) is 9.53 Å². The number of ketones is 1. The van der Waals surface area contributed by atoms with Crippen molar-refractivity contribution in [3.63, 3.8) is 0 Å². The zero-order valence-electron chi connectivity index (χ0n) is 10.5. The molecule has 5 nitrogen and oxygen atoms in total. The molecule has 0 bridgehead atoms. The second-order valence-corrected chi connectivity index (χ2v) is 4.88. The molecule has 2 unspecified atom stereocenters. The van der Waals surface area contributed by atoms with Gasteiger partial charge in [-0.3, -0.25) is 4.79 Å². The van der Waals surface area contributed by atoms with Crippen molar-refractivity contribution in [2.75, 3.05) is 13.2 Å². The van der Waals surface area contributed by atoms with Gasteiger partial charge in [0, 0.05) is 12.5 Å². The number of carbonyl (C=O) groups excluding carboxylic acids is 1. The Balaban J connectivity index is 2.18. The van der Waals surface area contributed by atoms with Crippen molar-refractivity contribution in [3.8, 4) is 0 Å². The van der Waals surface area contributed by atoms with Crippen LogP contribution in [0, 0.1) is 5.92 Å². The van der Waals surface area contributed by atoms with Crippen molar-refractivity contribution in [2.45, 2.75) is 39.0 Å². The van der Waals surface area contributed by atoms with Crippen LogP contribution in [0.3, 0.4) is 0 Å². The molecule has 0 aliphatic carbocycles. The Morgan fingerprint density at radius 2 is 2.24 bits per heavy atom. The summed E-state index contributed by atoms with van der Waals surface area (Å²) in [6.07, 6.45) is 0.922. The van der Waals surface area contributed by atoms with Crippen molar-refractivity contribution in [2.24, 2.45) is 5.92 Å². The number of hydrogen-bond donors (Lipinski definition) is 0. The summed E-state index contributed by atoms with van der Waals surface area (Å²) in [6, 6.07) is 0. The van der Waals surface area contributed by atoms with E-state index in [1.165, 1.54) is 0 Å². The Morgan fingerprint density at radius 3 is 2.76 bits per heavy atom. The quantitative estimate of drug-likeness (QED) is 0.801. The van der Waals surface area contributed by atoms with E-state index >= 15 is 0 Å².